The molecule has 0 aromatic heterocycles. The molecule has 0 heterocycles. The first kappa shape index (κ1) is 15.9. The van der Waals surface area contributed by atoms with Crippen LogP contribution in [0.3, 0.4) is 0 Å². The maximum Gasteiger partial charge on any atom is 0.326 e. The average molecular weight is 348 g/mol. The molecule has 5 rings (SSSR count). The van der Waals surface area contributed by atoms with Crippen LogP contribution in [0, 0.1) is 23.2 Å². The van der Waals surface area contributed by atoms with Crippen molar-refractivity contribution in [2.75, 3.05) is 0 Å². The molecule has 0 aliphatic heterocycles. The number of carboxylic acids is 1. The highest BCUT2D eigenvalue weighted by Gasteiger charge is 2.56. The number of carbonyl (C=O) groups is 2. The van der Waals surface area contributed by atoms with Crippen molar-refractivity contribution in [1.29, 1.82) is 0 Å². The largest absolute Gasteiger partial charge is 0.480 e. The van der Waals surface area contributed by atoms with Gasteiger partial charge in [-0.3, -0.25) is 4.79 Å². The van der Waals surface area contributed by atoms with Crippen LogP contribution < -0.4 is 5.32 Å². The number of aliphatic carboxylic acids is 1. The van der Waals surface area contributed by atoms with Gasteiger partial charge in [-0.25, -0.2) is 4.79 Å². The standard InChI is InChI=1S/C19H22ClNO3/c20-15-3-1-14(2-4-15)17(22)21-16(18(23)24)19-8-11-5-12(9-19)7-13(6-11)10-19/h1-4,11-13,16H,5-10H2,(H,21,22)(H,23,24). The van der Waals surface area contributed by atoms with Crippen molar-refractivity contribution in [3.63, 3.8) is 0 Å². The predicted octanol–water partition coefficient (Wildman–Crippen LogP) is 3.74. The molecule has 1 atom stereocenters. The SMILES string of the molecule is O=C(NC(C(=O)O)C12CC3CC(CC(C3)C1)C2)c1ccc(Cl)cc1. The third-order valence-corrected chi connectivity index (χ3v) is 6.58. The Hall–Kier alpha value is -1.55. The molecule has 4 fully saturated rings. The Kier molecular flexibility index (Phi) is 3.83. The fraction of sp³-hybridized carbons (Fsp3) is 0.579. The van der Waals surface area contributed by atoms with Crippen molar-refractivity contribution in [2.45, 2.75) is 44.6 Å². The molecule has 4 aliphatic carbocycles. The number of hydrogen-bond acceptors (Lipinski definition) is 2. The van der Waals surface area contributed by atoms with Crippen LogP contribution in [0.15, 0.2) is 24.3 Å². The molecule has 0 saturated heterocycles. The maximum atomic E-state index is 12.5. The smallest absolute Gasteiger partial charge is 0.326 e. The third-order valence-electron chi connectivity index (χ3n) is 6.33. The zero-order chi connectivity index (χ0) is 16.9. The minimum Gasteiger partial charge on any atom is -0.480 e. The van der Waals surface area contributed by atoms with Crippen LogP contribution in [0.2, 0.25) is 5.02 Å². The molecule has 0 spiro atoms. The molecule has 5 heteroatoms. The van der Waals surface area contributed by atoms with E-state index < -0.39 is 12.0 Å². The van der Waals surface area contributed by atoms with E-state index in [2.05, 4.69) is 5.32 Å². The Morgan fingerprint density at radius 3 is 2.00 bits per heavy atom. The summed E-state index contributed by atoms with van der Waals surface area (Å²) in [5, 5.41) is 13.2. The van der Waals surface area contributed by atoms with E-state index in [4.69, 9.17) is 11.6 Å². The van der Waals surface area contributed by atoms with Gasteiger partial charge < -0.3 is 10.4 Å². The summed E-state index contributed by atoms with van der Waals surface area (Å²) >= 11 is 5.86. The number of rotatable bonds is 4. The summed E-state index contributed by atoms with van der Waals surface area (Å²) in [6.45, 7) is 0. The van der Waals surface area contributed by atoms with Gasteiger partial charge in [0.1, 0.15) is 6.04 Å². The van der Waals surface area contributed by atoms with Gasteiger partial charge in [0.2, 0.25) is 0 Å². The number of halogens is 1. The van der Waals surface area contributed by atoms with E-state index in [1.807, 2.05) is 0 Å². The van der Waals surface area contributed by atoms with E-state index in [-0.39, 0.29) is 11.3 Å². The summed E-state index contributed by atoms with van der Waals surface area (Å²) in [5.41, 5.74) is 0.193. The summed E-state index contributed by atoms with van der Waals surface area (Å²) < 4.78 is 0. The average Bonchev–Trinajstić information content (AvgIpc) is 2.51. The molecule has 4 aliphatic rings. The number of carboxylic acid groups (broad SMARTS) is 1. The summed E-state index contributed by atoms with van der Waals surface area (Å²) in [6, 6.07) is 5.77. The normalized spacial score (nSPS) is 34.8. The van der Waals surface area contributed by atoms with Crippen LogP contribution >= 0.6 is 11.6 Å². The van der Waals surface area contributed by atoms with Crippen LogP contribution in [0.5, 0.6) is 0 Å². The van der Waals surface area contributed by atoms with E-state index in [1.165, 1.54) is 19.3 Å². The van der Waals surface area contributed by atoms with Crippen molar-refractivity contribution < 1.29 is 14.7 Å². The number of amides is 1. The molecule has 1 aromatic carbocycles. The number of hydrogen-bond donors (Lipinski definition) is 2. The second-order valence-corrected chi connectivity index (χ2v) is 8.47. The second-order valence-electron chi connectivity index (χ2n) is 8.03. The number of nitrogens with one attached hydrogen (secondary N) is 1. The first-order valence-electron chi connectivity index (χ1n) is 8.74. The van der Waals surface area contributed by atoms with Gasteiger partial charge in [-0.2, -0.15) is 0 Å². The van der Waals surface area contributed by atoms with Gasteiger partial charge in [-0.05, 0) is 80.5 Å². The Balaban J connectivity index is 1.57. The van der Waals surface area contributed by atoms with E-state index in [0.717, 1.165) is 19.3 Å². The Labute approximate surface area is 146 Å². The first-order chi connectivity index (χ1) is 11.4. The minimum absolute atomic E-state index is 0.261. The molecule has 4 bridgehead atoms. The molecule has 2 N–H and O–H groups in total. The first-order valence-corrected chi connectivity index (χ1v) is 9.12. The summed E-state index contributed by atoms with van der Waals surface area (Å²) in [5.74, 6) is 0.704. The van der Waals surface area contributed by atoms with Crippen LogP contribution in [0.25, 0.3) is 0 Å². The van der Waals surface area contributed by atoms with E-state index in [9.17, 15) is 14.7 Å². The minimum atomic E-state index is -0.903. The number of benzene rings is 1. The highest BCUT2D eigenvalue weighted by molar-refractivity contribution is 6.30. The van der Waals surface area contributed by atoms with Crippen LogP contribution in [-0.4, -0.2) is 23.0 Å². The van der Waals surface area contributed by atoms with Gasteiger partial charge in [0.15, 0.2) is 0 Å². The van der Waals surface area contributed by atoms with Crippen LogP contribution in [0.1, 0.15) is 48.9 Å². The molecule has 1 amide bonds. The quantitative estimate of drug-likeness (QED) is 0.871. The molecular weight excluding hydrogens is 326 g/mol. The lowest BCUT2D eigenvalue weighted by atomic mass is 9.47. The molecule has 128 valence electrons. The van der Waals surface area contributed by atoms with Gasteiger partial charge in [0.05, 0.1) is 0 Å². The fourth-order valence-corrected chi connectivity index (χ4v) is 5.95. The van der Waals surface area contributed by atoms with Crippen molar-refractivity contribution >= 4 is 23.5 Å². The second kappa shape index (κ2) is 5.76. The van der Waals surface area contributed by atoms with Gasteiger partial charge in [-0.15, -0.1) is 0 Å². The predicted molar refractivity (Wildman–Crippen MR) is 90.9 cm³/mol. The monoisotopic (exact) mass is 347 g/mol. The summed E-state index contributed by atoms with van der Waals surface area (Å²) in [4.78, 5) is 24.5. The summed E-state index contributed by atoms with van der Waals surface area (Å²) in [6.07, 6.45) is 6.56. The van der Waals surface area contributed by atoms with E-state index in [1.54, 1.807) is 24.3 Å². The molecule has 1 aromatic rings. The Bertz CT molecular complexity index is 634. The van der Waals surface area contributed by atoms with E-state index in [0.29, 0.717) is 28.3 Å². The maximum absolute atomic E-state index is 12.5. The molecule has 4 saturated carbocycles. The number of carbonyl (C=O) groups excluding carboxylic acids is 1. The van der Waals surface area contributed by atoms with Crippen LogP contribution in [0.4, 0.5) is 0 Å². The van der Waals surface area contributed by atoms with Crippen molar-refractivity contribution in [3.05, 3.63) is 34.9 Å². The zero-order valence-corrected chi connectivity index (χ0v) is 14.3. The van der Waals surface area contributed by atoms with E-state index >= 15 is 0 Å². The third kappa shape index (κ3) is 2.71. The van der Waals surface area contributed by atoms with Crippen molar-refractivity contribution in [3.8, 4) is 0 Å². The van der Waals surface area contributed by atoms with Gasteiger partial charge in [0.25, 0.3) is 5.91 Å². The van der Waals surface area contributed by atoms with Crippen molar-refractivity contribution in [1.82, 2.24) is 5.32 Å². The fourth-order valence-electron chi connectivity index (χ4n) is 5.82. The lowest BCUT2D eigenvalue weighted by molar-refractivity contribution is -0.150. The lowest BCUT2D eigenvalue weighted by Gasteiger charge is -2.58. The van der Waals surface area contributed by atoms with Crippen molar-refractivity contribution in [2.24, 2.45) is 23.2 Å². The highest BCUT2D eigenvalue weighted by Crippen LogP contribution is 2.61. The zero-order valence-electron chi connectivity index (χ0n) is 13.5. The molecule has 0 radical (unpaired) electrons. The summed E-state index contributed by atoms with van der Waals surface area (Å²) in [7, 11) is 0. The molecule has 24 heavy (non-hydrogen) atoms. The topological polar surface area (TPSA) is 66.4 Å². The highest BCUT2D eigenvalue weighted by atomic mass is 35.5. The lowest BCUT2D eigenvalue weighted by Crippen LogP contribution is -2.59. The molecular formula is C19H22ClNO3. The van der Waals surface area contributed by atoms with Gasteiger partial charge in [-0.1, -0.05) is 11.6 Å². The Morgan fingerprint density at radius 1 is 1.04 bits per heavy atom. The van der Waals surface area contributed by atoms with Gasteiger partial charge in [0, 0.05) is 16.0 Å². The Morgan fingerprint density at radius 2 is 1.54 bits per heavy atom. The van der Waals surface area contributed by atoms with Gasteiger partial charge >= 0.3 is 5.97 Å². The molecule has 4 nitrogen and oxygen atoms in total. The molecule has 1 unspecified atom stereocenters. The van der Waals surface area contributed by atoms with Crippen LogP contribution in [-0.2, 0) is 4.79 Å².